The van der Waals surface area contributed by atoms with Gasteiger partial charge in [-0.2, -0.15) is 0 Å². The Morgan fingerprint density at radius 3 is 2.33 bits per heavy atom. The van der Waals surface area contributed by atoms with Crippen LogP contribution in [0.15, 0.2) is 58.4 Å². The predicted molar refractivity (Wildman–Crippen MR) is 113 cm³/mol. The summed E-state index contributed by atoms with van der Waals surface area (Å²) in [7, 11) is -3.69. The molecule has 2 aromatic rings. The Balaban J connectivity index is 1.64. The molecule has 7 nitrogen and oxygen atoms in total. The molecule has 0 radical (unpaired) electrons. The minimum absolute atomic E-state index is 0.0248. The fourth-order valence-electron chi connectivity index (χ4n) is 2.97. The van der Waals surface area contributed by atoms with Gasteiger partial charge in [0.25, 0.3) is 10.0 Å². The van der Waals surface area contributed by atoms with Crippen LogP contribution in [-0.4, -0.2) is 38.7 Å². The molecule has 0 fully saturated rings. The molecule has 3 rings (SSSR count). The number of amidine groups is 1. The average molecular weight is 429 g/mol. The molecule has 1 aliphatic heterocycles. The second kappa shape index (κ2) is 8.02. The summed E-state index contributed by atoms with van der Waals surface area (Å²) >= 11 is 0. The Labute approximate surface area is 176 Å². The summed E-state index contributed by atoms with van der Waals surface area (Å²) in [4.78, 5) is 28.8. The maximum atomic E-state index is 12.3. The fraction of sp³-hybridized carbons (Fsp3) is 0.318. The number of benzene rings is 2. The number of nitrogens with zero attached hydrogens (tertiary/aromatic N) is 1. The maximum absolute atomic E-state index is 12.3. The summed E-state index contributed by atoms with van der Waals surface area (Å²) < 4.78 is 31.7. The number of hydrogen-bond acceptors (Lipinski definition) is 6. The lowest BCUT2D eigenvalue weighted by molar-refractivity contribution is -0.143. The van der Waals surface area contributed by atoms with E-state index in [0.717, 1.165) is 5.56 Å². The van der Waals surface area contributed by atoms with Crippen LogP contribution in [0.1, 0.15) is 49.2 Å². The van der Waals surface area contributed by atoms with E-state index < -0.39 is 28.6 Å². The summed E-state index contributed by atoms with van der Waals surface area (Å²) in [5.41, 5.74) is 1.92. The quantitative estimate of drug-likeness (QED) is 0.583. The summed E-state index contributed by atoms with van der Waals surface area (Å²) in [6.45, 7) is 7.31. The van der Waals surface area contributed by atoms with Gasteiger partial charge in [0.2, 0.25) is 0 Å². The van der Waals surface area contributed by atoms with Crippen LogP contribution in [-0.2, 0) is 25.0 Å². The Kier molecular flexibility index (Phi) is 5.81. The van der Waals surface area contributed by atoms with Gasteiger partial charge in [-0.3, -0.25) is 14.5 Å². The van der Waals surface area contributed by atoms with E-state index in [0.29, 0.717) is 11.1 Å². The fourth-order valence-corrected chi connectivity index (χ4v) is 4.21. The second-order valence-electron chi connectivity index (χ2n) is 8.11. The summed E-state index contributed by atoms with van der Waals surface area (Å²) in [5, 5.41) is 0. The first-order valence-electron chi connectivity index (χ1n) is 9.49. The zero-order chi connectivity index (χ0) is 22.1. The molecule has 30 heavy (non-hydrogen) atoms. The number of carbonyl (C=O) groups is 2. The van der Waals surface area contributed by atoms with E-state index in [1.165, 1.54) is 13.0 Å². The van der Waals surface area contributed by atoms with Gasteiger partial charge in [-0.25, -0.2) is 13.2 Å². The topological polar surface area (TPSA) is 102 Å². The van der Waals surface area contributed by atoms with Gasteiger partial charge >= 0.3 is 5.97 Å². The van der Waals surface area contributed by atoms with Gasteiger partial charge in [0.05, 0.1) is 4.90 Å². The predicted octanol–water partition coefficient (Wildman–Crippen LogP) is 2.84. The van der Waals surface area contributed by atoms with Gasteiger partial charge in [0.1, 0.15) is 11.9 Å². The van der Waals surface area contributed by atoms with Crippen LogP contribution in [0.3, 0.4) is 0 Å². The minimum Gasteiger partial charge on any atom is -0.456 e. The molecule has 1 heterocycles. The Hall–Kier alpha value is -3.00. The standard InChI is InChI=1S/C22H24N2O5S/c1-14(23-20-17-7-5-6-8-19(17)30(27,28)24-20)21(26)29-13-18(25)15-9-11-16(12-10-15)22(2,3)4/h5-12,14H,13H2,1-4H3,(H,23,24)/t14-/m0/s1. The normalized spacial score (nSPS) is 17.1. The number of carbonyl (C=O) groups excluding carboxylic acids is 2. The van der Waals surface area contributed by atoms with E-state index in [9.17, 15) is 18.0 Å². The number of ether oxygens (including phenoxy) is 1. The molecule has 1 N–H and O–H groups in total. The van der Waals surface area contributed by atoms with Crippen LogP contribution >= 0.6 is 0 Å². The number of nitrogens with one attached hydrogen (secondary N) is 1. The van der Waals surface area contributed by atoms with Crippen molar-refractivity contribution in [1.82, 2.24) is 4.72 Å². The summed E-state index contributed by atoms with van der Waals surface area (Å²) in [5.74, 6) is -0.958. The van der Waals surface area contributed by atoms with Crippen molar-refractivity contribution >= 4 is 27.6 Å². The summed E-state index contributed by atoms with van der Waals surface area (Å²) in [6, 6.07) is 12.6. The molecular formula is C22H24N2O5S. The lowest BCUT2D eigenvalue weighted by Crippen LogP contribution is -2.27. The molecule has 0 saturated heterocycles. The first-order chi connectivity index (χ1) is 14.0. The van der Waals surface area contributed by atoms with Crippen LogP contribution in [0, 0.1) is 0 Å². The Morgan fingerprint density at radius 2 is 1.70 bits per heavy atom. The Bertz CT molecular complexity index is 1110. The number of esters is 1. The molecule has 1 atom stereocenters. The van der Waals surface area contributed by atoms with E-state index in [4.69, 9.17) is 4.74 Å². The molecule has 0 saturated carbocycles. The van der Waals surface area contributed by atoms with Crippen molar-refractivity contribution in [2.75, 3.05) is 6.61 Å². The zero-order valence-corrected chi connectivity index (χ0v) is 18.1. The highest BCUT2D eigenvalue weighted by atomic mass is 32.2. The van der Waals surface area contributed by atoms with Crippen LogP contribution in [0.25, 0.3) is 0 Å². The second-order valence-corrected chi connectivity index (χ2v) is 9.76. The van der Waals surface area contributed by atoms with Crippen molar-refractivity contribution in [3.63, 3.8) is 0 Å². The van der Waals surface area contributed by atoms with Gasteiger partial charge in [-0.1, -0.05) is 57.2 Å². The monoisotopic (exact) mass is 428 g/mol. The highest BCUT2D eigenvalue weighted by Crippen LogP contribution is 2.23. The minimum atomic E-state index is -3.69. The van der Waals surface area contributed by atoms with Gasteiger partial charge in [-0.05, 0) is 30.0 Å². The third-order valence-electron chi connectivity index (χ3n) is 4.75. The molecule has 158 valence electrons. The number of hydrogen-bond donors (Lipinski definition) is 1. The molecule has 8 heteroatoms. The maximum Gasteiger partial charge on any atom is 0.331 e. The molecule has 0 aliphatic carbocycles. The smallest absolute Gasteiger partial charge is 0.331 e. The highest BCUT2D eigenvalue weighted by Gasteiger charge is 2.31. The first-order valence-corrected chi connectivity index (χ1v) is 11.0. The number of fused-ring (bicyclic) bond motifs is 1. The molecule has 0 bridgehead atoms. The molecule has 0 amide bonds. The average Bonchev–Trinajstić information content (AvgIpc) is 2.95. The number of sulfonamides is 1. The molecule has 0 spiro atoms. The third kappa shape index (κ3) is 4.59. The van der Waals surface area contributed by atoms with Gasteiger partial charge in [0.15, 0.2) is 12.4 Å². The zero-order valence-electron chi connectivity index (χ0n) is 17.3. The van der Waals surface area contributed by atoms with E-state index in [-0.39, 0.29) is 21.9 Å². The van der Waals surface area contributed by atoms with E-state index in [2.05, 4.69) is 30.5 Å². The van der Waals surface area contributed by atoms with Gasteiger partial charge in [-0.15, -0.1) is 0 Å². The van der Waals surface area contributed by atoms with Crippen molar-refractivity contribution < 1.29 is 22.7 Å². The van der Waals surface area contributed by atoms with Gasteiger partial charge in [0, 0.05) is 11.1 Å². The largest absolute Gasteiger partial charge is 0.456 e. The summed E-state index contributed by atoms with van der Waals surface area (Å²) in [6.07, 6.45) is 0. The lowest BCUT2D eigenvalue weighted by Gasteiger charge is -2.19. The van der Waals surface area contributed by atoms with Crippen LogP contribution in [0.2, 0.25) is 0 Å². The highest BCUT2D eigenvalue weighted by molar-refractivity contribution is 7.90. The number of aliphatic imine (C=N–C) groups is 1. The van der Waals surface area contributed by atoms with E-state index >= 15 is 0 Å². The van der Waals surface area contributed by atoms with Crippen molar-refractivity contribution in [2.24, 2.45) is 4.99 Å². The van der Waals surface area contributed by atoms with Crippen LogP contribution in [0.5, 0.6) is 0 Å². The molecule has 0 aromatic heterocycles. The third-order valence-corrected chi connectivity index (χ3v) is 6.14. The van der Waals surface area contributed by atoms with Crippen molar-refractivity contribution in [3.8, 4) is 0 Å². The molecule has 0 unspecified atom stereocenters. The van der Waals surface area contributed by atoms with Crippen molar-refractivity contribution in [2.45, 2.75) is 44.0 Å². The van der Waals surface area contributed by atoms with Crippen LogP contribution < -0.4 is 4.72 Å². The van der Waals surface area contributed by atoms with E-state index in [1.54, 1.807) is 30.3 Å². The molecule has 2 aromatic carbocycles. The first kappa shape index (κ1) is 21.7. The van der Waals surface area contributed by atoms with Gasteiger partial charge < -0.3 is 4.74 Å². The molecule has 1 aliphatic rings. The lowest BCUT2D eigenvalue weighted by atomic mass is 9.86. The van der Waals surface area contributed by atoms with Crippen molar-refractivity contribution in [1.29, 1.82) is 0 Å². The molecular weight excluding hydrogens is 404 g/mol. The number of ketones is 1. The Morgan fingerprint density at radius 1 is 1.07 bits per heavy atom. The number of rotatable bonds is 5. The number of Topliss-reactive ketones (excluding diaryl/α,β-unsaturated/α-hetero) is 1. The van der Waals surface area contributed by atoms with Crippen LogP contribution in [0.4, 0.5) is 0 Å². The van der Waals surface area contributed by atoms with E-state index in [1.807, 2.05) is 12.1 Å². The SMILES string of the molecule is C[C@H](N=C1NS(=O)(=O)c2ccccc21)C(=O)OCC(=O)c1ccc(C(C)(C)C)cc1. The van der Waals surface area contributed by atoms with Crippen molar-refractivity contribution in [3.05, 3.63) is 65.2 Å².